The standard InChI is InChI=1S/C18H22N4O3.HI/c1-19-18(20-14-15-7-6-8-16(13-15)22(23)24)21(2)11-12-25-17-9-4-3-5-10-17;/h3-10,13H,11-12,14H2,1-2H3,(H,19,20);1H. The highest BCUT2D eigenvalue weighted by atomic mass is 127. The van der Waals surface area contributed by atoms with Gasteiger partial charge in [0.2, 0.25) is 0 Å². The van der Waals surface area contributed by atoms with E-state index in [0.717, 1.165) is 11.3 Å². The van der Waals surface area contributed by atoms with E-state index in [2.05, 4.69) is 10.3 Å². The van der Waals surface area contributed by atoms with Gasteiger partial charge in [0, 0.05) is 32.8 Å². The Morgan fingerprint density at radius 1 is 1.23 bits per heavy atom. The largest absolute Gasteiger partial charge is 0.492 e. The molecule has 2 rings (SSSR count). The number of likely N-dealkylation sites (N-methyl/N-ethyl adjacent to an activating group) is 1. The maximum Gasteiger partial charge on any atom is 0.269 e. The average Bonchev–Trinajstić information content (AvgIpc) is 2.63. The fraction of sp³-hybridized carbons (Fsp3) is 0.278. The average molecular weight is 470 g/mol. The minimum atomic E-state index is -0.397. The molecule has 0 saturated carbocycles. The Bertz CT molecular complexity index is 725. The van der Waals surface area contributed by atoms with E-state index in [0.29, 0.717) is 25.7 Å². The highest BCUT2D eigenvalue weighted by Crippen LogP contribution is 2.13. The summed E-state index contributed by atoms with van der Waals surface area (Å²) < 4.78 is 5.68. The fourth-order valence-corrected chi connectivity index (χ4v) is 2.27. The van der Waals surface area contributed by atoms with Crippen molar-refractivity contribution >= 4 is 35.6 Å². The molecule has 0 bridgehead atoms. The first-order valence-electron chi connectivity index (χ1n) is 7.93. The van der Waals surface area contributed by atoms with Crippen LogP contribution in [-0.4, -0.2) is 43.0 Å². The fourth-order valence-electron chi connectivity index (χ4n) is 2.27. The molecule has 0 radical (unpaired) electrons. The third kappa shape index (κ3) is 6.87. The molecular weight excluding hydrogens is 447 g/mol. The summed E-state index contributed by atoms with van der Waals surface area (Å²) in [6, 6.07) is 16.2. The zero-order chi connectivity index (χ0) is 18.1. The summed E-state index contributed by atoms with van der Waals surface area (Å²) in [5, 5.41) is 14.0. The Morgan fingerprint density at radius 2 is 1.96 bits per heavy atom. The van der Waals surface area contributed by atoms with Crippen LogP contribution in [0.3, 0.4) is 0 Å². The van der Waals surface area contributed by atoms with Gasteiger partial charge < -0.3 is 15.0 Å². The summed E-state index contributed by atoms with van der Waals surface area (Å²) in [6.07, 6.45) is 0. The lowest BCUT2D eigenvalue weighted by Crippen LogP contribution is -2.40. The number of hydrogen-bond acceptors (Lipinski definition) is 4. The van der Waals surface area contributed by atoms with Gasteiger partial charge in [-0.3, -0.25) is 15.1 Å². The molecule has 0 atom stereocenters. The third-order valence-corrected chi connectivity index (χ3v) is 3.58. The number of hydrogen-bond donors (Lipinski definition) is 1. The summed E-state index contributed by atoms with van der Waals surface area (Å²) >= 11 is 0. The Morgan fingerprint density at radius 3 is 2.62 bits per heavy atom. The van der Waals surface area contributed by atoms with E-state index in [9.17, 15) is 10.1 Å². The van der Waals surface area contributed by atoms with Crippen molar-refractivity contribution in [1.82, 2.24) is 10.2 Å². The van der Waals surface area contributed by atoms with E-state index in [1.54, 1.807) is 19.2 Å². The molecule has 0 aliphatic heterocycles. The summed E-state index contributed by atoms with van der Waals surface area (Å²) in [4.78, 5) is 16.6. The quantitative estimate of drug-likeness (QED) is 0.221. The van der Waals surface area contributed by atoms with Gasteiger partial charge in [-0.1, -0.05) is 30.3 Å². The number of benzene rings is 2. The molecule has 2 aromatic carbocycles. The molecule has 1 N–H and O–H groups in total. The van der Waals surface area contributed by atoms with Crippen molar-refractivity contribution in [2.75, 3.05) is 27.2 Å². The number of nitrogens with one attached hydrogen (secondary N) is 1. The summed E-state index contributed by atoms with van der Waals surface area (Å²) in [5.74, 6) is 1.53. The zero-order valence-electron chi connectivity index (χ0n) is 14.8. The second-order valence-electron chi connectivity index (χ2n) is 5.41. The number of non-ortho nitro benzene ring substituents is 1. The smallest absolute Gasteiger partial charge is 0.269 e. The van der Waals surface area contributed by atoms with Gasteiger partial charge in [-0.05, 0) is 17.7 Å². The normalized spacial score (nSPS) is 10.6. The van der Waals surface area contributed by atoms with Crippen LogP contribution in [0.2, 0.25) is 0 Å². The molecular formula is C18H23IN4O3. The number of nitro groups is 1. The van der Waals surface area contributed by atoms with Gasteiger partial charge in [0.1, 0.15) is 12.4 Å². The van der Waals surface area contributed by atoms with Crippen LogP contribution in [-0.2, 0) is 6.54 Å². The maximum absolute atomic E-state index is 10.8. The number of nitrogens with zero attached hydrogens (tertiary/aromatic N) is 3. The molecule has 8 heteroatoms. The van der Waals surface area contributed by atoms with Gasteiger partial charge in [-0.25, -0.2) is 0 Å². The molecule has 0 spiro atoms. The van der Waals surface area contributed by atoms with Gasteiger partial charge >= 0.3 is 0 Å². The van der Waals surface area contributed by atoms with E-state index in [1.165, 1.54) is 6.07 Å². The van der Waals surface area contributed by atoms with Gasteiger partial charge in [0.15, 0.2) is 5.96 Å². The van der Waals surface area contributed by atoms with Crippen molar-refractivity contribution in [2.24, 2.45) is 4.99 Å². The van der Waals surface area contributed by atoms with Gasteiger partial charge in [-0.2, -0.15) is 0 Å². The van der Waals surface area contributed by atoms with Gasteiger partial charge in [0.25, 0.3) is 5.69 Å². The predicted octanol–water partition coefficient (Wildman–Crippen LogP) is 3.30. The number of nitro benzene ring substituents is 1. The first-order valence-corrected chi connectivity index (χ1v) is 7.93. The minimum Gasteiger partial charge on any atom is -0.492 e. The van der Waals surface area contributed by atoms with Crippen molar-refractivity contribution in [2.45, 2.75) is 6.54 Å². The number of para-hydroxylation sites is 1. The van der Waals surface area contributed by atoms with Crippen LogP contribution in [0.1, 0.15) is 5.56 Å². The van der Waals surface area contributed by atoms with E-state index in [4.69, 9.17) is 4.74 Å². The van der Waals surface area contributed by atoms with Crippen LogP contribution in [0.15, 0.2) is 59.6 Å². The number of rotatable bonds is 7. The van der Waals surface area contributed by atoms with E-state index >= 15 is 0 Å². The van der Waals surface area contributed by atoms with E-state index < -0.39 is 4.92 Å². The summed E-state index contributed by atoms with van der Waals surface area (Å²) in [7, 11) is 3.61. The Labute approximate surface area is 170 Å². The third-order valence-electron chi connectivity index (χ3n) is 3.58. The molecule has 0 aromatic heterocycles. The van der Waals surface area contributed by atoms with Crippen molar-refractivity contribution in [3.8, 4) is 5.75 Å². The van der Waals surface area contributed by atoms with Crippen LogP contribution in [0.4, 0.5) is 5.69 Å². The van der Waals surface area contributed by atoms with E-state index in [1.807, 2.05) is 48.3 Å². The molecule has 0 amide bonds. The number of ether oxygens (including phenoxy) is 1. The van der Waals surface area contributed by atoms with Crippen LogP contribution in [0.5, 0.6) is 5.75 Å². The van der Waals surface area contributed by atoms with Crippen LogP contribution < -0.4 is 10.1 Å². The van der Waals surface area contributed by atoms with Crippen LogP contribution in [0.25, 0.3) is 0 Å². The lowest BCUT2D eigenvalue weighted by Gasteiger charge is -2.22. The van der Waals surface area contributed by atoms with Crippen LogP contribution >= 0.6 is 24.0 Å². The second-order valence-corrected chi connectivity index (χ2v) is 5.41. The highest BCUT2D eigenvalue weighted by Gasteiger charge is 2.08. The molecule has 0 heterocycles. The molecule has 0 saturated heterocycles. The van der Waals surface area contributed by atoms with Crippen LogP contribution in [0, 0.1) is 10.1 Å². The molecule has 26 heavy (non-hydrogen) atoms. The molecule has 0 aliphatic carbocycles. The Hall–Kier alpha value is -2.36. The maximum atomic E-state index is 10.8. The number of guanidine groups is 1. The summed E-state index contributed by atoms with van der Waals surface area (Å²) in [6.45, 7) is 1.64. The first-order chi connectivity index (χ1) is 12.1. The molecule has 140 valence electrons. The van der Waals surface area contributed by atoms with Gasteiger partial charge in [0.05, 0.1) is 11.5 Å². The lowest BCUT2D eigenvalue weighted by molar-refractivity contribution is -0.384. The SMILES string of the molecule is CN=C(NCc1cccc([N+](=O)[O-])c1)N(C)CCOc1ccccc1.I. The Balaban J connectivity index is 0.00000338. The van der Waals surface area contributed by atoms with Crippen molar-refractivity contribution in [3.05, 3.63) is 70.3 Å². The molecule has 2 aromatic rings. The second kappa shape index (κ2) is 11.3. The lowest BCUT2D eigenvalue weighted by atomic mass is 10.2. The van der Waals surface area contributed by atoms with Crippen molar-refractivity contribution < 1.29 is 9.66 Å². The highest BCUT2D eigenvalue weighted by molar-refractivity contribution is 14.0. The summed E-state index contributed by atoms with van der Waals surface area (Å²) in [5.41, 5.74) is 0.906. The van der Waals surface area contributed by atoms with Crippen molar-refractivity contribution in [3.63, 3.8) is 0 Å². The number of halogens is 1. The van der Waals surface area contributed by atoms with Gasteiger partial charge in [-0.15, -0.1) is 24.0 Å². The molecule has 7 nitrogen and oxygen atoms in total. The predicted molar refractivity (Wildman–Crippen MR) is 113 cm³/mol. The molecule has 0 unspecified atom stereocenters. The number of aliphatic imine (C=N–C) groups is 1. The minimum absolute atomic E-state index is 0. The van der Waals surface area contributed by atoms with Crippen molar-refractivity contribution in [1.29, 1.82) is 0 Å². The Kier molecular flexibility index (Phi) is 9.42. The molecule has 0 aliphatic rings. The zero-order valence-corrected chi connectivity index (χ0v) is 17.1. The monoisotopic (exact) mass is 470 g/mol. The first kappa shape index (κ1) is 21.7. The topological polar surface area (TPSA) is 80.0 Å². The molecule has 0 fully saturated rings. The van der Waals surface area contributed by atoms with E-state index in [-0.39, 0.29) is 29.7 Å².